The zero-order chi connectivity index (χ0) is 9.68. The normalized spacial score (nSPS) is 22.8. The lowest BCUT2D eigenvalue weighted by Crippen LogP contribution is -2.49. The quantitative estimate of drug-likeness (QED) is 0.597. The second-order valence-corrected chi connectivity index (χ2v) is 2.85. The molecule has 13 heavy (non-hydrogen) atoms. The largest absolute Gasteiger partial charge is 0.375 e. The molecular weight excluding hydrogens is 170 g/mol. The van der Waals surface area contributed by atoms with Gasteiger partial charge in [0.05, 0.1) is 13.2 Å². The number of nitrogens with zero attached hydrogens (tertiary/aromatic N) is 1. The number of hydrogen-bond donors (Lipinski definition) is 0. The van der Waals surface area contributed by atoms with Gasteiger partial charge in [-0.3, -0.25) is 4.79 Å². The molecule has 1 heterocycles. The van der Waals surface area contributed by atoms with Crippen LogP contribution in [-0.4, -0.2) is 43.9 Å². The van der Waals surface area contributed by atoms with Crippen molar-refractivity contribution < 1.29 is 14.3 Å². The van der Waals surface area contributed by atoms with Crippen LogP contribution in [0.4, 0.5) is 0 Å². The maximum Gasteiger partial charge on any atom is 0.228 e. The van der Waals surface area contributed by atoms with Crippen molar-refractivity contribution in [2.24, 2.45) is 0 Å². The topological polar surface area (TPSA) is 38.8 Å². The van der Waals surface area contributed by atoms with Crippen molar-refractivity contribution >= 4 is 5.91 Å². The van der Waals surface area contributed by atoms with Crippen LogP contribution in [0.5, 0.6) is 0 Å². The lowest BCUT2D eigenvalue weighted by atomic mass is 10.3. The van der Waals surface area contributed by atoms with E-state index in [1.165, 1.54) is 0 Å². The van der Waals surface area contributed by atoms with Crippen LogP contribution in [0.1, 0.15) is 6.42 Å². The molecule has 4 heteroatoms. The summed E-state index contributed by atoms with van der Waals surface area (Å²) in [4.78, 5) is 13.2. The molecule has 1 aliphatic rings. The summed E-state index contributed by atoms with van der Waals surface area (Å²) < 4.78 is 10.3. The molecule has 1 unspecified atom stereocenters. The van der Waals surface area contributed by atoms with Gasteiger partial charge >= 0.3 is 0 Å². The van der Waals surface area contributed by atoms with E-state index in [9.17, 15) is 4.79 Å². The minimum absolute atomic E-state index is 0.0464. The third-order valence-corrected chi connectivity index (χ3v) is 2.00. The van der Waals surface area contributed by atoms with E-state index in [-0.39, 0.29) is 12.1 Å². The monoisotopic (exact) mass is 185 g/mol. The van der Waals surface area contributed by atoms with Gasteiger partial charge in [-0.15, -0.1) is 6.58 Å². The highest BCUT2D eigenvalue weighted by Gasteiger charge is 2.25. The van der Waals surface area contributed by atoms with Crippen LogP contribution < -0.4 is 0 Å². The van der Waals surface area contributed by atoms with Gasteiger partial charge in [-0.05, 0) is 0 Å². The van der Waals surface area contributed by atoms with Crippen LogP contribution in [0.3, 0.4) is 0 Å². The first kappa shape index (κ1) is 10.2. The van der Waals surface area contributed by atoms with E-state index in [1.54, 1.807) is 18.1 Å². The van der Waals surface area contributed by atoms with E-state index in [0.29, 0.717) is 26.2 Å². The van der Waals surface area contributed by atoms with Crippen LogP contribution in [0.15, 0.2) is 12.7 Å². The average molecular weight is 185 g/mol. The lowest BCUT2D eigenvalue weighted by Gasteiger charge is -2.34. The van der Waals surface area contributed by atoms with E-state index >= 15 is 0 Å². The molecular formula is C9H15NO3. The fraction of sp³-hybridized carbons (Fsp3) is 0.667. The van der Waals surface area contributed by atoms with Gasteiger partial charge in [0.25, 0.3) is 0 Å². The number of ether oxygens (including phenoxy) is 2. The molecule has 0 bridgehead atoms. The predicted molar refractivity (Wildman–Crippen MR) is 48.1 cm³/mol. The number of amides is 1. The van der Waals surface area contributed by atoms with Gasteiger partial charge in [0.1, 0.15) is 0 Å². The van der Waals surface area contributed by atoms with Crippen molar-refractivity contribution in [1.82, 2.24) is 4.90 Å². The molecule has 4 nitrogen and oxygen atoms in total. The number of hydrogen-bond acceptors (Lipinski definition) is 3. The Bertz CT molecular complexity index is 193. The van der Waals surface area contributed by atoms with Gasteiger partial charge in [0.15, 0.2) is 6.23 Å². The molecule has 0 spiro atoms. The van der Waals surface area contributed by atoms with Crippen molar-refractivity contribution in [2.45, 2.75) is 12.6 Å². The molecule has 0 aromatic heterocycles. The molecule has 0 radical (unpaired) electrons. The Kier molecular flexibility index (Phi) is 3.92. The van der Waals surface area contributed by atoms with Crippen molar-refractivity contribution in [2.75, 3.05) is 26.9 Å². The molecule has 1 aliphatic heterocycles. The Labute approximate surface area is 78.1 Å². The zero-order valence-electron chi connectivity index (χ0n) is 7.86. The molecule has 0 saturated carbocycles. The summed E-state index contributed by atoms with van der Waals surface area (Å²) in [7, 11) is 1.58. The van der Waals surface area contributed by atoms with E-state index in [2.05, 4.69) is 6.58 Å². The molecule has 0 aromatic carbocycles. The Hall–Kier alpha value is -0.870. The second-order valence-electron chi connectivity index (χ2n) is 2.85. The highest BCUT2D eigenvalue weighted by molar-refractivity contribution is 5.77. The average Bonchev–Trinajstić information content (AvgIpc) is 2.18. The van der Waals surface area contributed by atoms with Gasteiger partial charge in [-0.1, -0.05) is 6.08 Å². The van der Waals surface area contributed by atoms with E-state index in [1.807, 2.05) is 0 Å². The van der Waals surface area contributed by atoms with Crippen molar-refractivity contribution in [1.29, 1.82) is 0 Å². The highest BCUT2D eigenvalue weighted by Crippen LogP contribution is 2.09. The minimum atomic E-state index is -0.235. The number of methoxy groups -OCH3 is 1. The summed E-state index contributed by atoms with van der Waals surface area (Å²) in [5.41, 5.74) is 0. The summed E-state index contributed by atoms with van der Waals surface area (Å²) in [6.07, 6.45) is 1.73. The van der Waals surface area contributed by atoms with Crippen molar-refractivity contribution in [3.63, 3.8) is 0 Å². The maximum atomic E-state index is 11.5. The first-order valence-electron chi connectivity index (χ1n) is 4.30. The summed E-state index contributed by atoms with van der Waals surface area (Å²) >= 11 is 0. The molecule has 0 aliphatic carbocycles. The van der Waals surface area contributed by atoms with Crippen LogP contribution >= 0.6 is 0 Å². The molecule has 0 aromatic rings. The number of rotatable bonds is 3. The Balaban J connectivity index is 2.52. The summed E-state index contributed by atoms with van der Waals surface area (Å²) in [5.74, 6) is 0.0464. The Morgan fingerprint density at radius 2 is 2.62 bits per heavy atom. The van der Waals surface area contributed by atoms with E-state index in [0.717, 1.165) is 0 Å². The number of morpholine rings is 1. The molecule has 74 valence electrons. The summed E-state index contributed by atoms with van der Waals surface area (Å²) in [6.45, 7) is 5.17. The fourth-order valence-corrected chi connectivity index (χ4v) is 1.30. The Morgan fingerprint density at radius 3 is 3.23 bits per heavy atom. The minimum Gasteiger partial charge on any atom is -0.375 e. The lowest BCUT2D eigenvalue weighted by molar-refractivity contribution is -0.161. The number of carbonyl (C=O) groups excluding carboxylic acids is 1. The summed E-state index contributed by atoms with van der Waals surface area (Å²) in [6, 6.07) is 0. The van der Waals surface area contributed by atoms with Crippen molar-refractivity contribution in [3.05, 3.63) is 12.7 Å². The van der Waals surface area contributed by atoms with Crippen LogP contribution in [0, 0.1) is 0 Å². The third-order valence-electron chi connectivity index (χ3n) is 2.00. The second kappa shape index (κ2) is 4.99. The third kappa shape index (κ3) is 2.54. The van der Waals surface area contributed by atoms with Crippen LogP contribution in [0.2, 0.25) is 0 Å². The standard InChI is InChI=1S/C9H15NO3/c1-3-4-8(11)10-5-6-13-7-9(10)12-2/h3,9H,1,4-7H2,2H3. The summed E-state index contributed by atoms with van der Waals surface area (Å²) in [5, 5.41) is 0. The molecule has 1 fully saturated rings. The first-order chi connectivity index (χ1) is 6.29. The SMILES string of the molecule is C=CCC(=O)N1CCOCC1OC. The molecule has 1 saturated heterocycles. The van der Waals surface area contributed by atoms with Gasteiger partial charge in [0, 0.05) is 20.1 Å². The highest BCUT2D eigenvalue weighted by atomic mass is 16.5. The van der Waals surface area contributed by atoms with Gasteiger partial charge in [-0.2, -0.15) is 0 Å². The van der Waals surface area contributed by atoms with E-state index < -0.39 is 0 Å². The van der Waals surface area contributed by atoms with Crippen LogP contribution in [-0.2, 0) is 14.3 Å². The fourth-order valence-electron chi connectivity index (χ4n) is 1.30. The Morgan fingerprint density at radius 1 is 1.85 bits per heavy atom. The number of carbonyl (C=O) groups is 1. The maximum absolute atomic E-state index is 11.5. The van der Waals surface area contributed by atoms with Crippen LogP contribution in [0.25, 0.3) is 0 Å². The molecule has 1 atom stereocenters. The van der Waals surface area contributed by atoms with Gasteiger partial charge in [0.2, 0.25) is 5.91 Å². The molecule has 1 amide bonds. The first-order valence-corrected chi connectivity index (χ1v) is 4.30. The van der Waals surface area contributed by atoms with Gasteiger partial charge < -0.3 is 14.4 Å². The van der Waals surface area contributed by atoms with E-state index in [4.69, 9.17) is 9.47 Å². The smallest absolute Gasteiger partial charge is 0.228 e. The van der Waals surface area contributed by atoms with Crippen molar-refractivity contribution in [3.8, 4) is 0 Å². The van der Waals surface area contributed by atoms with Gasteiger partial charge in [-0.25, -0.2) is 0 Å². The predicted octanol–water partition coefficient (Wildman–Crippen LogP) is 0.394. The zero-order valence-corrected chi connectivity index (χ0v) is 7.86. The molecule has 1 rings (SSSR count). The molecule has 0 N–H and O–H groups in total.